The number of amides is 1. The Labute approximate surface area is 103 Å². The van der Waals surface area contributed by atoms with Gasteiger partial charge < -0.3 is 10.1 Å². The third kappa shape index (κ3) is 5.38. The van der Waals surface area contributed by atoms with Crippen LogP contribution in [0.25, 0.3) is 0 Å². The van der Waals surface area contributed by atoms with Crippen molar-refractivity contribution >= 4 is 5.91 Å². The fraction of sp³-hybridized carbons (Fsp3) is 0.500. The van der Waals surface area contributed by atoms with E-state index in [0.29, 0.717) is 13.0 Å². The van der Waals surface area contributed by atoms with Gasteiger partial charge in [-0.1, -0.05) is 25.5 Å². The Morgan fingerprint density at radius 2 is 1.94 bits per heavy atom. The summed E-state index contributed by atoms with van der Waals surface area (Å²) in [5.41, 5.74) is 1.02. The van der Waals surface area contributed by atoms with Crippen LogP contribution in [0.15, 0.2) is 24.3 Å². The van der Waals surface area contributed by atoms with E-state index in [1.54, 1.807) is 0 Å². The molecule has 3 nitrogen and oxygen atoms in total. The molecule has 94 valence electrons. The van der Waals surface area contributed by atoms with Crippen molar-refractivity contribution in [3.8, 4) is 5.75 Å². The largest absolute Gasteiger partial charge is 0.494 e. The summed E-state index contributed by atoms with van der Waals surface area (Å²) in [4.78, 5) is 11.6. The van der Waals surface area contributed by atoms with Crippen molar-refractivity contribution in [1.82, 2.24) is 5.32 Å². The lowest BCUT2D eigenvalue weighted by molar-refractivity contribution is -0.120. The van der Waals surface area contributed by atoms with Crippen LogP contribution in [0, 0.1) is 0 Å². The van der Waals surface area contributed by atoms with Crippen molar-refractivity contribution in [2.24, 2.45) is 0 Å². The van der Waals surface area contributed by atoms with Crippen molar-refractivity contribution in [2.45, 2.75) is 33.1 Å². The van der Waals surface area contributed by atoms with E-state index in [1.165, 1.54) is 0 Å². The van der Waals surface area contributed by atoms with E-state index < -0.39 is 0 Å². The van der Waals surface area contributed by atoms with Gasteiger partial charge in [0.05, 0.1) is 13.0 Å². The van der Waals surface area contributed by atoms with E-state index in [1.807, 2.05) is 31.2 Å². The first-order chi connectivity index (χ1) is 8.26. The van der Waals surface area contributed by atoms with Gasteiger partial charge in [-0.05, 0) is 31.0 Å². The summed E-state index contributed by atoms with van der Waals surface area (Å²) in [7, 11) is 0. The van der Waals surface area contributed by atoms with Gasteiger partial charge in [-0.15, -0.1) is 0 Å². The Morgan fingerprint density at radius 3 is 2.53 bits per heavy atom. The molecule has 1 aromatic rings. The Balaban J connectivity index is 2.37. The maximum Gasteiger partial charge on any atom is 0.224 e. The maximum absolute atomic E-state index is 11.6. The fourth-order valence-electron chi connectivity index (χ4n) is 1.52. The molecule has 0 heterocycles. The van der Waals surface area contributed by atoms with Crippen molar-refractivity contribution in [3.05, 3.63) is 29.8 Å². The third-order valence-corrected chi connectivity index (χ3v) is 2.45. The summed E-state index contributed by atoms with van der Waals surface area (Å²) in [6, 6.07) is 7.67. The summed E-state index contributed by atoms with van der Waals surface area (Å²) < 4.78 is 5.34. The topological polar surface area (TPSA) is 38.3 Å². The minimum atomic E-state index is 0.0857. The van der Waals surface area contributed by atoms with Gasteiger partial charge in [0.25, 0.3) is 0 Å². The average molecular weight is 235 g/mol. The number of hydrogen-bond acceptors (Lipinski definition) is 2. The number of benzene rings is 1. The molecular formula is C14H21NO2. The first kappa shape index (κ1) is 13.6. The molecule has 1 N–H and O–H groups in total. The van der Waals surface area contributed by atoms with E-state index in [4.69, 9.17) is 4.74 Å². The van der Waals surface area contributed by atoms with Gasteiger partial charge >= 0.3 is 0 Å². The van der Waals surface area contributed by atoms with Gasteiger partial charge in [0.15, 0.2) is 0 Å². The van der Waals surface area contributed by atoms with Gasteiger partial charge in [0, 0.05) is 6.54 Å². The number of carbonyl (C=O) groups excluding carboxylic acids is 1. The highest BCUT2D eigenvalue weighted by Crippen LogP contribution is 2.12. The lowest BCUT2D eigenvalue weighted by atomic mass is 10.1. The molecular weight excluding hydrogens is 214 g/mol. The van der Waals surface area contributed by atoms with Crippen LogP contribution in [-0.4, -0.2) is 19.1 Å². The van der Waals surface area contributed by atoms with Crippen LogP contribution in [0.3, 0.4) is 0 Å². The standard InChI is InChI=1S/C14H21NO2/c1-3-5-10-15-14(16)11-12-6-8-13(9-7-12)17-4-2/h6-9H,3-5,10-11H2,1-2H3,(H,15,16). The molecule has 0 atom stereocenters. The molecule has 1 rings (SSSR count). The normalized spacial score (nSPS) is 10.0. The minimum Gasteiger partial charge on any atom is -0.494 e. The van der Waals surface area contributed by atoms with Crippen molar-refractivity contribution in [3.63, 3.8) is 0 Å². The van der Waals surface area contributed by atoms with E-state index in [-0.39, 0.29) is 5.91 Å². The number of nitrogens with one attached hydrogen (secondary N) is 1. The molecule has 1 aromatic carbocycles. The Morgan fingerprint density at radius 1 is 1.24 bits per heavy atom. The van der Waals surface area contributed by atoms with E-state index in [9.17, 15) is 4.79 Å². The summed E-state index contributed by atoms with van der Waals surface area (Å²) in [6.45, 7) is 5.50. The molecule has 0 spiro atoms. The second kappa shape index (κ2) is 7.71. The van der Waals surface area contributed by atoms with E-state index >= 15 is 0 Å². The SMILES string of the molecule is CCCCNC(=O)Cc1ccc(OCC)cc1. The number of carbonyl (C=O) groups is 1. The van der Waals surface area contributed by atoms with Gasteiger partial charge in [0.2, 0.25) is 5.91 Å². The summed E-state index contributed by atoms with van der Waals surface area (Å²) in [5.74, 6) is 0.935. The van der Waals surface area contributed by atoms with Crippen LogP contribution < -0.4 is 10.1 Å². The number of hydrogen-bond donors (Lipinski definition) is 1. The molecule has 0 bridgehead atoms. The molecule has 0 aliphatic heterocycles. The molecule has 1 amide bonds. The zero-order chi connectivity index (χ0) is 12.5. The van der Waals surface area contributed by atoms with Crippen LogP contribution in [0.5, 0.6) is 5.75 Å². The van der Waals surface area contributed by atoms with Crippen LogP contribution in [0.2, 0.25) is 0 Å². The Bertz CT molecular complexity index is 333. The Kier molecular flexibility index (Phi) is 6.15. The number of rotatable bonds is 7. The first-order valence-corrected chi connectivity index (χ1v) is 6.24. The van der Waals surface area contributed by atoms with Gasteiger partial charge in [0.1, 0.15) is 5.75 Å². The maximum atomic E-state index is 11.6. The molecule has 17 heavy (non-hydrogen) atoms. The lowest BCUT2D eigenvalue weighted by Crippen LogP contribution is -2.25. The van der Waals surface area contributed by atoms with Gasteiger partial charge in [-0.2, -0.15) is 0 Å². The van der Waals surface area contributed by atoms with Crippen LogP contribution in [0.1, 0.15) is 32.3 Å². The highest BCUT2D eigenvalue weighted by Gasteiger charge is 2.02. The average Bonchev–Trinajstić information content (AvgIpc) is 2.32. The summed E-state index contributed by atoms with van der Waals surface area (Å²) in [5, 5.41) is 2.90. The molecule has 0 aromatic heterocycles. The van der Waals surface area contributed by atoms with Crippen LogP contribution in [-0.2, 0) is 11.2 Å². The number of unbranched alkanes of at least 4 members (excludes halogenated alkanes) is 1. The zero-order valence-electron chi connectivity index (χ0n) is 10.7. The zero-order valence-corrected chi connectivity index (χ0v) is 10.7. The van der Waals surface area contributed by atoms with Crippen molar-refractivity contribution in [1.29, 1.82) is 0 Å². The molecule has 0 radical (unpaired) electrons. The minimum absolute atomic E-state index is 0.0857. The lowest BCUT2D eigenvalue weighted by Gasteiger charge is -2.06. The first-order valence-electron chi connectivity index (χ1n) is 6.24. The Hall–Kier alpha value is -1.51. The predicted octanol–water partition coefficient (Wildman–Crippen LogP) is 2.54. The second-order valence-electron chi connectivity index (χ2n) is 3.96. The molecule has 3 heteroatoms. The van der Waals surface area contributed by atoms with Gasteiger partial charge in [-0.3, -0.25) is 4.79 Å². The quantitative estimate of drug-likeness (QED) is 0.738. The molecule has 0 fully saturated rings. The fourth-order valence-corrected chi connectivity index (χ4v) is 1.52. The molecule has 0 aliphatic rings. The highest BCUT2D eigenvalue weighted by molar-refractivity contribution is 5.78. The second-order valence-corrected chi connectivity index (χ2v) is 3.96. The smallest absolute Gasteiger partial charge is 0.224 e. The molecule has 0 unspecified atom stereocenters. The molecule has 0 saturated heterocycles. The summed E-state index contributed by atoms with van der Waals surface area (Å²) >= 11 is 0. The van der Waals surface area contributed by atoms with Gasteiger partial charge in [-0.25, -0.2) is 0 Å². The van der Waals surface area contributed by atoms with Crippen LogP contribution >= 0.6 is 0 Å². The monoisotopic (exact) mass is 235 g/mol. The van der Waals surface area contributed by atoms with Crippen molar-refractivity contribution in [2.75, 3.05) is 13.2 Å². The third-order valence-electron chi connectivity index (χ3n) is 2.45. The van der Waals surface area contributed by atoms with Crippen LogP contribution in [0.4, 0.5) is 0 Å². The number of ether oxygens (including phenoxy) is 1. The van der Waals surface area contributed by atoms with E-state index in [2.05, 4.69) is 12.2 Å². The predicted molar refractivity (Wildman–Crippen MR) is 69.2 cm³/mol. The molecule has 0 saturated carbocycles. The summed E-state index contributed by atoms with van der Waals surface area (Å²) in [6.07, 6.45) is 2.58. The van der Waals surface area contributed by atoms with Crippen molar-refractivity contribution < 1.29 is 9.53 Å². The molecule has 0 aliphatic carbocycles. The highest BCUT2D eigenvalue weighted by atomic mass is 16.5. The van der Waals surface area contributed by atoms with E-state index in [0.717, 1.165) is 30.7 Å².